The number of ketones is 1. The molecule has 2 aromatic rings. The molecule has 0 radical (unpaired) electrons. The number of hydrogen-bond donors (Lipinski definition) is 0. The molecular formula is C13H10Cl2N2O2. The van der Waals surface area contributed by atoms with Gasteiger partial charge in [0, 0.05) is 28.9 Å². The topological polar surface area (TPSA) is 52.1 Å². The van der Waals surface area contributed by atoms with Crippen molar-refractivity contribution in [3.05, 3.63) is 51.9 Å². The molecule has 0 aliphatic rings. The monoisotopic (exact) mass is 296 g/mol. The van der Waals surface area contributed by atoms with Crippen molar-refractivity contribution in [2.24, 2.45) is 0 Å². The lowest BCUT2D eigenvalue weighted by atomic mass is 10.1. The third kappa shape index (κ3) is 3.03. The smallest absolute Gasteiger partial charge is 0.243 e. The van der Waals surface area contributed by atoms with E-state index in [9.17, 15) is 4.79 Å². The summed E-state index contributed by atoms with van der Waals surface area (Å²) in [6, 6.07) is 5.09. The zero-order chi connectivity index (χ0) is 13.8. The number of halogens is 2. The molecule has 1 heterocycles. The van der Waals surface area contributed by atoms with Crippen molar-refractivity contribution in [3.63, 3.8) is 0 Å². The molecule has 19 heavy (non-hydrogen) atoms. The maximum Gasteiger partial charge on any atom is 0.243 e. The highest BCUT2D eigenvalue weighted by molar-refractivity contribution is 6.36. The van der Waals surface area contributed by atoms with Gasteiger partial charge >= 0.3 is 0 Å². The summed E-state index contributed by atoms with van der Waals surface area (Å²) in [6.45, 7) is 0. The molecule has 0 unspecified atom stereocenters. The molecule has 0 spiro atoms. The Balaban J connectivity index is 2.31. The lowest BCUT2D eigenvalue weighted by Gasteiger charge is -2.07. The van der Waals surface area contributed by atoms with Gasteiger partial charge in [-0.15, -0.1) is 0 Å². The molecule has 1 aromatic carbocycles. The zero-order valence-electron chi connectivity index (χ0n) is 10.1. The van der Waals surface area contributed by atoms with Crippen LogP contribution in [0.15, 0.2) is 30.6 Å². The molecule has 0 atom stereocenters. The van der Waals surface area contributed by atoms with Crippen LogP contribution >= 0.6 is 23.2 Å². The summed E-state index contributed by atoms with van der Waals surface area (Å²) < 4.78 is 5.00. The second-order valence-corrected chi connectivity index (χ2v) is 4.53. The molecule has 0 bridgehead atoms. The molecule has 0 aliphatic heterocycles. The van der Waals surface area contributed by atoms with Crippen molar-refractivity contribution in [2.45, 2.75) is 6.42 Å². The standard InChI is InChI=1S/C13H10Cl2N2O2/c1-19-13-12(16-5-6-17-13)11(18)7-8-9(14)3-2-4-10(8)15/h2-6H,7H2,1H3. The van der Waals surface area contributed by atoms with E-state index >= 15 is 0 Å². The zero-order valence-corrected chi connectivity index (χ0v) is 11.6. The number of carbonyl (C=O) groups excluding carboxylic acids is 1. The third-order valence-electron chi connectivity index (χ3n) is 2.52. The minimum Gasteiger partial charge on any atom is -0.479 e. The minimum absolute atomic E-state index is 0.0492. The number of carbonyl (C=O) groups is 1. The van der Waals surface area contributed by atoms with Gasteiger partial charge in [-0.3, -0.25) is 4.79 Å². The Hall–Kier alpha value is -1.65. The van der Waals surface area contributed by atoms with Gasteiger partial charge in [-0.1, -0.05) is 29.3 Å². The van der Waals surface area contributed by atoms with Crippen LogP contribution in [-0.2, 0) is 6.42 Å². The highest BCUT2D eigenvalue weighted by Gasteiger charge is 2.18. The average Bonchev–Trinajstić information content (AvgIpc) is 2.42. The van der Waals surface area contributed by atoms with Gasteiger partial charge in [0.25, 0.3) is 0 Å². The molecule has 4 nitrogen and oxygen atoms in total. The van der Waals surface area contributed by atoms with Crippen LogP contribution in [0.3, 0.4) is 0 Å². The van der Waals surface area contributed by atoms with E-state index in [-0.39, 0.29) is 23.8 Å². The van der Waals surface area contributed by atoms with Gasteiger partial charge in [0.15, 0.2) is 11.5 Å². The molecule has 2 rings (SSSR count). The van der Waals surface area contributed by atoms with Gasteiger partial charge in [0.05, 0.1) is 7.11 Å². The number of methoxy groups -OCH3 is 1. The summed E-state index contributed by atoms with van der Waals surface area (Å²) in [4.78, 5) is 20.1. The first-order valence-corrected chi connectivity index (χ1v) is 6.20. The number of hydrogen-bond acceptors (Lipinski definition) is 4. The Morgan fingerprint density at radius 3 is 2.47 bits per heavy atom. The first-order chi connectivity index (χ1) is 9.13. The van der Waals surface area contributed by atoms with Crippen LogP contribution in [0.4, 0.5) is 0 Å². The van der Waals surface area contributed by atoms with Crippen molar-refractivity contribution < 1.29 is 9.53 Å². The SMILES string of the molecule is COc1nccnc1C(=O)Cc1c(Cl)cccc1Cl. The molecule has 1 aromatic heterocycles. The fourth-order valence-corrected chi connectivity index (χ4v) is 2.14. The summed E-state index contributed by atoms with van der Waals surface area (Å²) in [6.07, 6.45) is 2.94. The number of ether oxygens (including phenoxy) is 1. The number of aromatic nitrogens is 2. The lowest BCUT2D eigenvalue weighted by Crippen LogP contribution is -2.09. The van der Waals surface area contributed by atoms with Crippen LogP contribution in [-0.4, -0.2) is 22.9 Å². The van der Waals surface area contributed by atoms with Crippen molar-refractivity contribution in [1.82, 2.24) is 9.97 Å². The summed E-state index contributed by atoms with van der Waals surface area (Å²) >= 11 is 12.1. The lowest BCUT2D eigenvalue weighted by molar-refractivity contribution is 0.0984. The maximum absolute atomic E-state index is 12.2. The fraction of sp³-hybridized carbons (Fsp3) is 0.154. The van der Waals surface area contributed by atoms with Crippen LogP contribution in [0.5, 0.6) is 5.88 Å². The number of Topliss-reactive ketones (excluding diaryl/α,β-unsaturated/α-hetero) is 1. The predicted molar refractivity (Wildman–Crippen MR) is 73.1 cm³/mol. The van der Waals surface area contributed by atoms with E-state index in [2.05, 4.69) is 9.97 Å². The quantitative estimate of drug-likeness (QED) is 0.813. The highest BCUT2D eigenvalue weighted by atomic mass is 35.5. The van der Waals surface area contributed by atoms with Gasteiger partial charge in [-0.05, 0) is 17.7 Å². The van der Waals surface area contributed by atoms with Crippen molar-refractivity contribution >= 4 is 29.0 Å². The summed E-state index contributed by atoms with van der Waals surface area (Å²) in [7, 11) is 1.43. The molecular weight excluding hydrogens is 287 g/mol. The molecule has 0 saturated carbocycles. The van der Waals surface area contributed by atoms with Gasteiger partial charge in [0.2, 0.25) is 5.88 Å². The first kappa shape index (κ1) is 13.8. The van der Waals surface area contributed by atoms with Crippen molar-refractivity contribution in [2.75, 3.05) is 7.11 Å². The molecule has 0 N–H and O–H groups in total. The summed E-state index contributed by atoms with van der Waals surface area (Å²) in [5.74, 6) is -0.0596. The number of nitrogens with zero attached hydrogens (tertiary/aromatic N) is 2. The van der Waals surface area contributed by atoms with E-state index in [4.69, 9.17) is 27.9 Å². The number of rotatable bonds is 4. The van der Waals surface area contributed by atoms with Crippen LogP contribution in [0.25, 0.3) is 0 Å². The predicted octanol–water partition coefficient (Wildman–Crippen LogP) is 3.22. The molecule has 0 amide bonds. The van der Waals surface area contributed by atoms with Crippen LogP contribution in [0, 0.1) is 0 Å². The van der Waals surface area contributed by atoms with Crippen LogP contribution in [0.1, 0.15) is 16.1 Å². The summed E-state index contributed by atoms with van der Waals surface area (Å²) in [5.41, 5.74) is 0.740. The fourth-order valence-electron chi connectivity index (χ4n) is 1.61. The van der Waals surface area contributed by atoms with Crippen molar-refractivity contribution in [1.29, 1.82) is 0 Å². The average molecular weight is 297 g/mol. The molecule has 98 valence electrons. The molecule has 0 fully saturated rings. The maximum atomic E-state index is 12.2. The second-order valence-electron chi connectivity index (χ2n) is 3.71. The first-order valence-electron chi connectivity index (χ1n) is 5.44. The van der Waals surface area contributed by atoms with E-state index in [1.54, 1.807) is 18.2 Å². The van der Waals surface area contributed by atoms with Gasteiger partial charge in [-0.25, -0.2) is 9.97 Å². The Bertz CT molecular complexity index is 597. The second kappa shape index (κ2) is 5.99. The van der Waals surface area contributed by atoms with Crippen LogP contribution < -0.4 is 4.74 Å². The minimum atomic E-state index is -0.250. The Kier molecular flexibility index (Phi) is 4.35. The molecule has 0 saturated heterocycles. The van der Waals surface area contributed by atoms with Gasteiger partial charge in [-0.2, -0.15) is 0 Å². The van der Waals surface area contributed by atoms with E-state index < -0.39 is 0 Å². The van der Waals surface area contributed by atoms with Crippen molar-refractivity contribution in [3.8, 4) is 5.88 Å². The molecule has 6 heteroatoms. The molecule has 0 aliphatic carbocycles. The number of benzene rings is 1. The van der Waals surface area contributed by atoms with E-state index in [1.165, 1.54) is 19.5 Å². The Morgan fingerprint density at radius 1 is 1.21 bits per heavy atom. The van der Waals surface area contributed by atoms with Crippen LogP contribution in [0.2, 0.25) is 10.0 Å². The largest absolute Gasteiger partial charge is 0.479 e. The van der Waals surface area contributed by atoms with E-state index in [0.29, 0.717) is 15.6 Å². The van der Waals surface area contributed by atoms with Gasteiger partial charge in [0.1, 0.15) is 0 Å². The normalized spacial score (nSPS) is 10.3. The third-order valence-corrected chi connectivity index (χ3v) is 3.23. The Labute approximate surface area is 120 Å². The van der Waals surface area contributed by atoms with E-state index in [0.717, 1.165) is 0 Å². The highest BCUT2D eigenvalue weighted by Crippen LogP contribution is 2.26. The van der Waals surface area contributed by atoms with Gasteiger partial charge < -0.3 is 4.74 Å². The Morgan fingerprint density at radius 2 is 1.84 bits per heavy atom. The van der Waals surface area contributed by atoms with E-state index in [1.807, 2.05) is 0 Å². The summed E-state index contributed by atoms with van der Waals surface area (Å²) in [5, 5.41) is 0.896.